The van der Waals surface area contributed by atoms with Crippen molar-refractivity contribution < 1.29 is 37.4 Å². The third-order valence-electron chi connectivity index (χ3n) is 5.71. The Morgan fingerprint density at radius 1 is 1.41 bits per heavy atom. The number of H-pyrrole nitrogens is 1. The first-order valence-corrected chi connectivity index (χ1v) is 12.7. The Bertz CT molecular complexity index is 1350. The van der Waals surface area contributed by atoms with Crippen molar-refractivity contribution in [2.24, 2.45) is 5.92 Å². The first kappa shape index (κ1) is 26.7. The molecule has 0 spiro atoms. The molecule has 3 aromatic rings. The highest BCUT2D eigenvalue weighted by Crippen LogP contribution is 2.46. The number of hydrogen-bond acceptors (Lipinski definition) is 11. The summed E-state index contributed by atoms with van der Waals surface area (Å²) in [6.07, 6.45) is -2.51. The van der Waals surface area contributed by atoms with Crippen molar-refractivity contribution in [3.05, 3.63) is 47.0 Å². The van der Waals surface area contributed by atoms with Crippen molar-refractivity contribution in [2.45, 2.75) is 31.4 Å². The van der Waals surface area contributed by atoms with Gasteiger partial charge in [-0.05, 0) is 19.1 Å². The number of aromatic amines is 1. The number of rotatable bonds is 10. The van der Waals surface area contributed by atoms with Crippen LogP contribution >= 0.6 is 7.75 Å². The molecule has 1 saturated heterocycles. The summed E-state index contributed by atoms with van der Waals surface area (Å²) in [5.41, 5.74) is 5.00. The van der Waals surface area contributed by atoms with Crippen molar-refractivity contribution >= 4 is 30.8 Å². The van der Waals surface area contributed by atoms with E-state index in [9.17, 15) is 23.7 Å². The molecule has 1 aliphatic heterocycles. The van der Waals surface area contributed by atoms with E-state index in [4.69, 9.17) is 19.5 Å². The molecule has 2 aromatic heterocycles. The van der Waals surface area contributed by atoms with E-state index >= 15 is 0 Å². The molecule has 4 rings (SSSR count). The Kier molecular flexibility index (Phi) is 7.90. The number of anilines is 1. The fourth-order valence-electron chi connectivity index (χ4n) is 3.85. The third-order valence-corrected chi connectivity index (χ3v) is 7.35. The average Bonchev–Trinajstić information content (AvgIpc) is 3.42. The fourth-order valence-corrected chi connectivity index (χ4v) is 5.36. The number of halogens is 1. The molecule has 1 aliphatic rings. The predicted octanol–water partition coefficient (Wildman–Crippen LogP) is 0.901. The van der Waals surface area contributed by atoms with Crippen LogP contribution in [0.1, 0.15) is 13.2 Å². The van der Waals surface area contributed by atoms with Crippen LogP contribution in [0.25, 0.3) is 11.2 Å². The van der Waals surface area contributed by atoms with Gasteiger partial charge in [0.05, 0.1) is 32.8 Å². The summed E-state index contributed by atoms with van der Waals surface area (Å²) in [5.74, 6) is -1.83. The molecule has 6 atom stereocenters. The number of methoxy groups -OCH3 is 1. The van der Waals surface area contributed by atoms with Crippen molar-refractivity contribution in [3.8, 4) is 5.75 Å². The molecule has 0 amide bonds. The number of ether oxygens (including phenoxy) is 2. The van der Waals surface area contributed by atoms with Crippen molar-refractivity contribution in [2.75, 3.05) is 26.1 Å². The summed E-state index contributed by atoms with van der Waals surface area (Å²) in [4.78, 5) is 34.3. The van der Waals surface area contributed by atoms with Crippen molar-refractivity contribution in [3.63, 3.8) is 0 Å². The second-order valence-electron chi connectivity index (χ2n) is 8.22. The number of para-hydroxylation sites is 1. The molecule has 1 unspecified atom stereocenters. The van der Waals surface area contributed by atoms with E-state index in [-0.39, 0.29) is 22.9 Å². The van der Waals surface area contributed by atoms with Gasteiger partial charge in [0.15, 0.2) is 17.4 Å². The highest BCUT2D eigenvalue weighted by molar-refractivity contribution is 7.52. The number of nitrogens with one attached hydrogen (secondary N) is 2. The van der Waals surface area contributed by atoms with Gasteiger partial charge in [-0.25, -0.2) is 9.55 Å². The van der Waals surface area contributed by atoms with Gasteiger partial charge in [0.1, 0.15) is 17.9 Å². The Morgan fingerprint density at radius 2 is 2.14 bits per heavy atom. The number of carbonyl (C=O) groups excluding carboxylic acids is 1. The maximum absolute atomic E-state index is 14.0. The molecule has 1 aromatic carbocycles. The Balaban J connectivity index is 1.56. The van der Waals surface area contributed by atoms with Gasteiger partial charge < -0.3 is 24.8 Å². The quantitative estimate of drug-likeness (QED) is 0.210. The second kappa shape index (κ2) is 10.9. The number of alkyl halides is 1. The number of nitrogens with two attached hydrogens (primary N) is 1. The van der Waals surface area contributed by atoms with Crippen LogP contribution in [0.2, 0.25) is 0 Å². The number of aromatic nitrogens is 4. The van der Waals surface area contributed by atoms with Gasteiger partial charge in [0.25, 0.3) is 5.56 Å². The minimum absolute atomic E-state index is 0.0242. The SMILES string of the molecule is COC(=O)[C@@H](C)NP(=O)(OC[C@H]1O[C@@H](n2cnc3c(=O)[nH]c(N)nc32)[C@H](O)[C@@H]1CF)Oc1ccccc1. The number of aliphatic hydroxyl groups is 1. The smallest absolute Gasteiger partial charge is 0.459 e. The van der Waals surface area contributed by atoms with E-state index in [2.05, 4.69) is 24.8 Å². The molecule has 0 aliphatic carbocycles. The molecular weight excluding hydrogens is 514 g/mol. The van der Waals surface area contributed by atoms with Gasteiger partial charge in [0, 0.05) is 5.92 Å². The predicted molar refractivity (Wildman–Crippen MR) is 127 cm³/mol. The molecule has 3 heterocycles. The number of aliphatic hydroxyl groups excluding tert-OH is 1. The molecule has 0 bridgehead atoms. The summed E-state index contributed by atoms with van der Waals surface area (Å²) in [6.45, 7) is -0.1000. The van der Waals surface area contributed by atoms with Crippen LogP contribution in [0.3, 0.4) is 0 Å². The number of carbonyl (C=O) groups is 1. The summed E-state index contributed by atoms with van der Waals surface area (Å²) in [7, 11) is -3.07. The lowest BCUT2D eigenvalue weighted by atomic mass is 10.0. The molecule has 5 N–H and O–H groups in total. The lowest BCUT2D eigenvalue weighted by molar-refractivity contribution is -0.142. The highest BCUT2D eigenvalue weighted by Gasteiger charge is 2.46. The average molecular weight is 540 g/mol. The van der Waals surface area contributed by atoms with Crippen LogP contribution in [-0.2, 0) is 23.4 Å². The molecule has 1 fully saturated rings. The zero-order valence-electron chi connectivity index (χ0n) is 19.8. The van der Waals surface area contributed by atoms with Crippen LogP contribution < -0.4 is 20.9 Å². The number of hydrogen-bond donors (Lipinski definition) is 4. The minimum atomic E-state index is -4.23. The topological polar surface area (TPSA) is 193 Å². The number of esters is 1. The van der Waals surface area contributed by atoms with Crippen LogP contribution in [0, 0.1) is 5.92 Å². The van der Waals surface area contributed by atoms with Crippen LogP contribution in [-0.4, -0.2) is 69.2 Å². The molecule has 200 valence electrons. The van der Waals surface area contributed by atoms with Gasteiger partial charge in [-0.3, -0.25) is 28.1 Å². The summed E-state index contributed by atoms with van der Waals surface area (Å²) in [6, 6.07) is 6.99. The van der Waals surface area contributed by atoms with Crippen LogP contribution in [0.5, 0.6) is 5.75 Å². The van der Waals surface area contributed by atoms with Crippen LogP contribution in [0.15, 0.2) is 41.5 Å². The van der Waals surface area contributed by atoms with Gasteiger partial charge >= 0.3 is 13.7 Å². The summed E-state index contributed by atoms with van der Waals surface area (Å²) < 4.78 is 50.4. The third kappa shape index (κ3) is 5.65. The van der Waals surface area contributed by atoms with Gasteiger partial charge in [0.2, 0.25) is 5.95 Å². The fraction of sp³-hybridized carbons (Fsp3) is 0.429. The van der Waals surface area contributed by atoms with Gasteiger partial charge in [-0.1, -0.05) is 18.2 Å². The zero-order valence-corrected chi connectivity index (χ0v) is 20.7. The zero-order chi connectivity index (χ0) is 26.7. The molecule has 14 nitrogen and oxygen atoms in total. The number of nitrogens with zero attached hydrogens (tertiary/aromatic N) is 3. The molecule has 37 heavy (non-hydrogen) atoms. The number of benzene rings is 1. The minimum Gasteiger partial charge on any atom is -0.468 e. The van der Waals surface area contributed by atoms with E-state index in [1.165, 1.54) is 37.1 Å². The van der Waals surface area contributed by atoms with E-state index in [0.29, 0.717) is 0 Å². The number of nitrogen functional groups attached to an aromatic ring is 1. The lowest BCUT2D eigenvalue weighted by Crippen LogP contribution is -2.36. The van der Waals surface area contributed by atoms with E-state index in [1.54, 1.807) is 18.2 Å². The Morgan fingerprint density at radius 3 is 2.81 bits per heavy atom. The summed E-state index contributed by atoms with van der Waals surface area (Å²) >= 11 is 0. The van der Waals surface area contributed by atoms with Crippen LogP contribution in [0.4, 0.5) is 10.3 Å². The molecule has 16 heteroatoms. The summed E-state index contributed by atoms with van der Waals surface area (Å²) in [5, 5.41) is 13.3. The van der Waals surface area contributed by atoms with E-state index in [1.807, 2.05) is 0 Å². The lowest BCUT2D eigenvalue weighted by Gasteiger charge is -2.24. The largest absolute Gasteiger partial charge is 0.468 e. The van der Waals surface area contributed by atoms with Crippen molar-refractivity contribution in [1.29, 1.82) is 0 Å². The van der Waals surface area contributed by atoms with Gasteiger partial charge in [-0.15, -0.1) is 0 Å². The maximum Gasteiger partial charge on any atom is 0.459 e. The second-order valence-corrected chi connectivity index (χ2v) is 9.91. The molecule has 0 saturated carbocycles. The highest BCUT2D eigenvalue weighted by atomic mass is 31.2. The monoisotopic (exact) mass is 540 g/mol. The maximum atomic E-state index is 14.0. The normalized spacial score (nSPS) is 24.0. The number of fused-ring (bicyclic) bond motifs is 1. The van der Waals surface area contributed by atoms with Crippen molar-refractivity contribution in [1.82, 2.24) is 24.6 Å². The van der Waals surface area contributed by atoms with E-state index < -0.39 is 63.0 Å². The standard InChI is InChI=1S/C21H26FN6O8P/c1-11(20(31)33-2)27-37(32,36-12-6-4-3-5-7-12)34-9-14-13(8-22)16(29)19(35-14)28-10-24-15-17(28)25-21(23)26-18(15)30/h3-7,10-11,13-14,16,19,29H,8-9H2,1-2H3,(H,27,32)(H3,23,25,26,30)/t11-,13-,14-,16-,19-,37?/m1/s1. The molecular formula is C21H26FN6O8P. The number of imidazole rings is 1. The molecule has 0 radical (unpaired) electrons. The van der Waals surface area contributed by atoms with Gasteiger partial charge in [-0.2, -0.15) is 10.1 Å². The van der Waals surface area contributed by atoms with E-state index in [0.717, 1.165) is 0 Å². The Hall–Kier alpha value is -3.36. The Labute approximate surface area is 209 Å². The first-order valence-electron chi connectivity index (χ1n) is 11.1. The first-order chi connectivity index (χ1) is 17.7.